The van der Waals surface area contributed by atoms with Gasteiger partial charge in [0.2, 0.25) is 0 Å². The van der Waals surface area contributed by atoms with E-state index in [9.17, 15) is 4.79 Å². The molecular formula is C23H30BrN3O2. The number of carbonyl (C=O) groups excluding carboxylic acids is 1. The fourth-order valence-electron chi connectivity index (χ4n) is 4.13. The highest BCUT2D eigenvalue weighted by atomic mass is 79.9. The summed E-state index contributed by atoms with van der Waals surface area (Å²) in [4.78, 5) is 17.4. The molecule has 29 heavy (non-hydrogen) atoms. The smallest absolute Gasteiger partial charge is 0.325 e. The number of nitrogens with zero attached hydrogens (tertiary/aromatic N) is 2. The molecule has 0 aliphatic carbocycles. The van der Waals surface area contributed by atoms with E-state index in [1.54, 1.807) is 7.11 Å². The summed E-state index contributed by atoms with van der Waals surface area (Å²) in [5, 5.41) is 3.43. The van der Waals surface area contributed by atoms with Gasteiger partial charge in [0.05, 0.1) is 19.2 Å². The fourth-order valence-corrected chi connectivity index (χ4v) is 4.39. The molecular weight excluding hydrogens is 430 g/mol. The van der Waals surface area contributed by atoms with Gasteiger partial charge in [0.15, 0.2) is 0 Å². The van der Waals surface area contributed by atoms with Gasteiger partial charge in [0, 0.05) is 16.7 Å². The molecule has 1 N–H and O–H groups in total. The first kappa shape index (κ1) is 21.7. The van der Waals surface area contributed by atoms with Gasteiger partial charge in [-0.1, -0.05) is 41.9 Å². The molecule has 0 aromatic heterocycles. The van der Waals surface area contributed by atoms with E-state index >= 15 is 0 Å². The number of ether oxygens (including phenoxy) is 1. The van der Waals surface area contributed by atoms with Gasteiger partial charge in [-0.05, 0) is 67.9 Å². The van der Waals surface area contributed by atoms with Gasteiger partial charge in [-0.25, -0.2) is 4.79 Å². The van der Waals surface area contributed by atoms with Crippen LogP contribution >= 0.6 is 15.9 Å². The van der Waals surface area contributed by atoms with E-state index in [1.807, 2.05) is 61.2 Å². The standard InChI is InChI=1S/C21H24BrN3O2.C2H6/c1-27-19-4-2-3-16(13-19)14-25-20(26)24(18-7-5-17(22)6-8-18)15-21(25)9-11-23-12-10-21;1-2/h2-8,13,23H,9-12,14-15H2,1H3;1-2H3. The quantitative estimate of drug-likeness (QED) is 0.695. The van der Waals surface area contributed by atoms with E-state index in [-0.39, 0.29) is 11.6 Å². The Morgan fingerprint density at radius 1 is 1.10 bits per heavy atom. The molecule has 4 rings (SSSR count). The lowest BCUT2D eigenvalue weighted by atomic mass is 9.87. The molecule has 2 aliphatic rings. The van der Waals surface area contributed by atoms with Crippen LogP contribution in [0, 0.1) is 0 Å². The van der Waals surface area contributed by atoms with E-state index in [4.69, 9.17) is 4.74 Å². The van der Waals surface area contributed by atoms with Gasteiger partial charge < -0.3 is 15.0 Å². The number of piperidine rings is 1. The molecule has 0 bridgehead atoms. The minimum absolute atomic E-state index is 0.0852. The Morgan fingerprint density at radius 2 is 1.79 bits per heavy atom. The predicted molar refractivity (Wildman–Crippen MR) is 122 cm³/mol. The first-order valence-electron chi connectivity index (χ1n) is 10.3. The highest BCUT2D eigenvalue weighted by Gasteiger charge is 2.50. The number of benzene rings is 2. The largest absolute Gasteiger partial charge is 0.497 e. The van der Waals surface area contributed by atoms with Crippen LogP contribution in [0.2, 0.25) is 0 Å². The summed E-state index contributed by atoms with van der Waals surface area (Å²) in [6, 6.07) is 16.1. The molecule has 2 aliphatic heterocycles. The maximum absolute atomic E-state index is 13.4. The number of halogens is 1. The number of carbonyl (C=O) groups is 1. The first-order chi connectivity index (χ1) is 14.1. The molecule has 2 aromatic rings. The van der Waals surface area contributed by atoms with Crippen LogP contribution in [0.15, 0.2) is 53.0 Å². The monoisotopic (exact) mass is 459 g/mol. The third kappa shape index (κ3) is 4.59. The van der Waals surface area contributed by atoms with E-state index in [2.05, 4.69) is 32.2 Å². The Hall–Kier alpha value is -2.05. The molecule has 2 amide bonds. The van der Waals surface area contributed by atoms with Gasteiger partial charge in [-0.3, -0.25) is 4.90 Å². The molecule has 6 heteroatoms. The molecule has 1 spiro atoms. The summed E-state index contributed by atoms with van der Waals surface area (Å²) in [5.41, 5.74) is 1.92. The number of amides is 2. The summed E-state index contributed by atoms with van der Waals surface area (Å²) in [5.74, 6) is 0.822. The number of methoxy groups -OCH3 is 1. The van der Waals surface area contributed by atoms with Crippen molar-refractivity contribution in [2.45, 2.75) is 38.8 Å². The van der Waals surface area contributed by atoms with Crippen molar-refractivity contribution < 1.29 is 9.53 Å². The van der Waals surface area contributed by atoms with Crippen LogP contribution in [0.4, 0.5) is 10.5 Å². The second kappa shape index (κ2) is 9.63. The third-order valence-electron chi connectivity index (χ3n) is 5.63. The average Bonchev–Trinajstić information content (AvgIpc) is 3.02. The van der Waals surface area contributed by atoms with Crippen molar-refractivity contribution in [3.8, 4) is 5.75 Å². The Morgan fingerprint density at radius 3 is 2.45 bits per heavy atom. The van der Waals surface area contributed by atoms with E-state index in [0.717, 1.165) is 53.9 Å². The van der Waals surface area contributed by atoms with Crippen LogP contribution < -0.4 is 15.0 Å². The molecule has 2 fully saturated rings. The van der Waals surface area contributed by atoms with E-state index in [1.165, 1.54) is 0 Å². The minimum atomic E-state index is -0.127. The molecule has 0 saturated carbocycles. The van der Waals surface area contributed by atoms with Gasteiger partial charge in [-0.2, -0.15) is 0 Å². The molecule has 0 unspecified atom stereocenters. The van der Waals surface area contributed by atoms with Gasteiger partial charge in [0.1, 0.15) is 5.75 Å². The Kier molecular flexibility index (Phi) is 7.19. The Labute approximate surface area is 182 Å². The topological polar surface area (TPSA) is 44.8 Å². The number of urea groups is 1. The summed E-state index contributed by atoms with van der Waals surface area (Å²) < 4.78 is 6.37. The molecule has 0 atom stereocenters. The molecule has 156 valence electrons. The van der Waals surface area contributed by atoms with Crippen molar-refractivity contribution in [1.29, 1.82) is 0 Å². The first-order valence-corrected chi connectivity index (χ1v) is 11.1. The zero-order valence-corrected chi connectivity index (χ0v) is 19.0. The lowest BCUT2D eigenvalue weighted by Crippen LogP contribution is -2.53. The Balaban J connectivity index is 0.00000117. The summed E-state index contributed by atoms with van der Waals surface area (Å²) in [6.45, 7) is 7.22. The second-order valence-corrected chi connectivity index (χ2v) is 8.17. The average molecular weight is 460 g/mol. The summed E-state index contributed by atoms with van der Waals surface area (Å²) >= 11 is 3.47. The zero-order chi connectivity index (χ0) is 20.9. The van der Waals surface area contributed by atoms with Gasteiger partial charge >= 0.3 is 6.03 Å². The molecule has 5 nitrogen and oxygen atoms in total. The highest BCUT2D eigenvalue weighted by Crippen LogP contribution is 2.38. The lowest BCUT2D eigenvalue weighted by molar-refractivity contribution is 0.119. The number of rotatable bonds is 4. The number of hydrogen-bond acceptors (Lipinski definition) is 3. The number of hydrogen-bond donors (Lipinski definition) is 1. The molecule has 2 aromatic carbocycles. The second-order valence-electron chi connectivity index (χ2n) is 7.26. The molecule has 2 heterocycles. The van der Waals surface area contributed by atoms with Crippen molar-refractivity contribution in [3.05, 3.63) is 58.6 Å². The van der Waals surface area contributed by atoms with E-state index in [0.29, 0.717) is 6.54 Å². The van der Waals surface area contributed by atoms with Crippen LogP contribution in [0.1, 0.15) is 32.3 Å². The minimum Gasteiger partial charge on any atom is -0.497 e. The number of anilines is 1. The van der Waals surface area contributed by atoms with Crippen molar-refractivity contribution in [3.63, 3.8) is 0 Å². The van der Waals surface area contributed by atoms with Crippen LogP contribution in [0.25, 0.3) is 0 Å². The highest BCUT2D eigenvalue weighted by molar-refractivity contribution is 9.10. The van der Waals surface area contributed by atoms with Crippen LogP contribution in [0.5, 0.6) is 5.75 Å². The molecule has 0 radical (unpaired) electrons. The number of nitrogens with one attached hydrogen (secondary N) is 1. The van der Waals surface area contributed by atoms with Crippen molar-refractivity contribution >= 4 is 27.6 Å². The van der Waals surface area contributed by atoms with Crippen LogP contribution in [-0.4, -0.2) is 43.2 Å². The maximum atomic E-state index is 13.4. The zero-order valence-electron chi connectivity index (χ0n) is 17.5. The molecule has 2 saturated heterocycles. The van der Waals surface area contributed by atoms with E-state index < -0.39 is 0 Å². The normalized spacial score (nSPS) is 17.9. The Bertz CT molecular complexity index is 819. The maximum Gasteiger partial charge on any atom is 0.325 e. The lowest BCUT2D eigenvalue weighted by Gasteiger charge is -2.40. The van der Waals surface area contributed by atoms with Crippen molar-refractivity contribution in [2.75, 3.05) is 31.6 Å². The van der Waals surface area contributed by atoms with Crippen molar-refractivity contribution in [1.82, 2.24) is 10.2 Å². The van der Waals surface area contributed by atoms with Gasteiger partial charge in [0.25, 0.3) is 0 Å². The van der Waals surface area contributed by atoms with Gasteiger partial charge in [-0.15, -0.1) is 0 Å². The fraction of sp³-hybridized carbons (Fsp3) is 0.435. The predicted octanol–water partition coefficient (Wildman–Crippen LogP) is 5.05. The third-order valence-corrected chi connectivity index (χ3v) is 6.16. The summed E-state index contributed by atoms with van der Waals surface area (Å²) in [7, 11) is 1.67. The summed E-state index contributed by atoms with van der Waals surface area (Å²) in [6.07, 6.45) is 1.94. The SMILES string of the molecule is CC.COc1cccc(CN2C(=O)N(c3ccc(Br)cc3)CC23CCNCC3)c1. The van der Waals surface area contributed by atoms with Crippen molar-refractivity contribution in [2.24, 2.45) is 0 Å². The van der Waals surface area contributed by atoms with Crippen LogP contribution in [-0.2, 0) is 6.54 Å². The van der Waals surface area contributed by atoms with Crippen LogP contribution in [0.3, 0.4) is 0 Å².